The number of amides is 2. The van der Waals surface area contributed by atoms with Gasteiger partial charge in [0.25, 0.3) is 5.91 Å². The molecule has 0 bridgehead atoms. The SMILES string of the molecule is CCn1ncc(N)c1C(=O)N1CCN(C(=O)OC(C)(C)C)CC1. The van der Waals surface area contributed by atoms with Crippen molar-refractivity contribution >= 4 is 17.7 Å². The molecule has 0 unspecified atom stereocenters. The number of aryl methyl sites for hydroxylation is 1. The highest BCUT2D eigenvalue weighted by molar-refractivity contribution is 5.97. The quantitative estimate of drug-likeness (QED) is 0.882. The zero-order chi connectivity index (χ0) is 17.2. The summed E-state index contributed by atoms with van der Waals surface area (Å²) in [4.78, 5) is 28.0. The van der Waals surface area contributed by atoms with E-state index in [4.69, 9.17) is 10.5 Å². The number of nitrogen functional groups attached to an aromatic ring is 1. The molecule has 2 rings (SSSR count). The Morgan fingerprint density at radius 2 is 1.78 bits per heavy atom. The van der Waals surface area contributed by atoms with Crippen LogP contribution >= 0.6 is 0 Å². The lowest BCUT2D eigenvalue weighted by atomic mass is 10.2. The first-order valence-corrected chi connectivity index (χ1v) is 7.81. The van der Waals surface area contributed by atoms with E-state index in [-0.39, 0.29) is 12.0 Å². The van der Waals surface area contributed by atoms with Crippen LogP contribution in [0.15, 0.2) is 6.20 Å². The van der Waals surface area contributed by atoms with E-state index >= 15 is 0 Å². The highest BCUT2D eigenvalue weighted by Gasteiger charge is 2.30. The average molecular weight is 323 g/mol. The molecule has 2 N–H and O–H groups in total. The minimum atomic E-state index is -0.522. The van der Waals surface area contributed by atoms with Gasteiger partial charge in [-0.3, -0.25) is 9.48 Å². The Kier molecular flexibility index (Phi) is 4.82. The Labute approximate surface area is 136 Å². The molecule has 0 spiro atoms. The summed E-state index contributed by atoms with van der Waals surface area (Å²) in [5.41, 5.74) is 6.13. The molecule has 1 aromatic rings. The molecule has 0 saturated carbocycles. The third-order valence-electron chi connectivity index (χ3n) is 3.59. The second-order valence-corrected chi connectivity index (χ2v) is 6.52. The zero-order valence-electron chi connectivity index (χ0n) is 14.2. The molecule has 1 aliphatic heterocycles. The van der Waals surface area contributed by atoms with Crippen LogP contribution in [-0.2, 0) is 11.3 Å². The van der Waals surface area contributed by atoms with E-state index < -0.39 is 5.60 Å². The van der Waals surface area contributed by atoms with E-state index in [0.717, 1.165) is 0 Å². The Bertz CT molecular complexity index is 582. The molecule has 8 nitrogen and oxygen atoms in total. The minimum absolute atomic E-state index is 0.148. The van der Waals surface area contributed by atoms with Crippen molar-refractivity contribution in [2.24, 2.45) is 0 Å². The predicted molar refractivity (Wildman–Crippen MR) is 86.0 cm³/mol. The van der Waals surface area contributed by atoms with Gasteiger partial charge in [-0.1, -0.05) is 0 Å². The van der Waals surface area contributed by atoms with E-state index in [2.05, 4.69) is 5.10 Å². The summed E-state index contributed by atoms with van der Waals surface area (Å²) in [6.45, 7) is 9.78. The van der Waals surface area contributed by atoms with Gasteiger partial charge in [0.05, 0.1) is 11.9 Å². The van der Waals surface area contributed by atoms with Gasteiger partial charge < -0.3 is 20.3 Å². The lowest BCUT2D eigenvalue weighted by molar-refractivity contribution is 0.0139. The van der Waals surface area contributed by atoms with Crippen LogP contribution in [0.5, 0.6) is 0 Å². The van der Waals surface area contributed by atoms with Crippen molar-refractivity contribution in [1.82, 2.24) is 19.6 Å². The van der Waals surface area contributed by atoms with Crippen LogP contribution in [0.3, 0.4) is 0 Å². The Balaban J connectivity index is 1.98. The van der Waals surface area contributed by atoms with E-state index in [1.54, 1.807) is 14.5 Å². The minimum Gasteiger partial charge on any atom is -0.444 e. The smallest absolute Gasteiger partial charge is 0.410 e. The highest BCUT2D eigenvalue weighted by Crippen LogP contribution is 2.16. The summed E-state index contributed by atoms with van der Waals surface area (Å²) >= 11 is 0. The third-order valence-corrected chi connectivity index (χ3v) is 3.59. The first-order valence-electron chi connectivity index (χ1n) is 7.81. The molecule has 1 aromatic heterocycles. The second-order valence-electron chi connectivity index (χ2n) is 6.52. The summed E-state index contributed by atoms with van der Waals surface area (Å²) in [6, 6.07) is 0. The lowest BCUT2D eigenvalue weighted by Gasteiger charge is -2.35. The van der Waals surface area contributed by atoms with E-state index in [9.17, 15) is 9.59 Å². The van der Waals surface area contributed by atoms with Gasteiger partial charge >= 0.3 is 6.09 Å². The molecule has 128 valence electrons. The normalized spacial score (nSPS) is 15.7. The Morgan fingerprint density at radius 1 is 1.22 bits per heavy atom. The number of piperazine rings is 1. The Morgan fingerprint density at radius 3 is 2.30 bits per heavy atom. The molecule has 8 heteroatoms. The maximum absolute atomic E-state index is 12.6. The number of ether oxygens (including phenoxy) is 1. The molecule has 23 heavy (non-hydrogen) atoms. The van der Waals surface area contributed by atoms with Gasteiger partial charge in [-0.25, -0.2) is 4.79 Å². The number of aromatic nitrogens is 2. The van der Waals surface area contributed by atoms with Crippen LogP contribution in [0.25, 0.3) is 0 Å². The van der Waals surface area contributed by atoms with Crippen molar-refractivity contribution in [2.45, 2.75) is 39.8 Å². The van der Waals surface area contributed by atoms with Crippen LogP contribution in [0, 0.1) is 0 Å². The Hall–Kier alpha value is -2.25. The van der Waals surface area contributed by atoms with Gasteiger partial charge in [-0.2, -0.15) is 5.10 Å². The first kappa shape index (κ1) is 17.1. The van der Waals surface area contributed by atoms with Gasteiger partial charge in [-0.05, 0) is 27.7 Å². The lowest BCUT2D eigenvalue weighted by Crippen LogP contribution is -2.52. The second kappa shape index (κ2) is 6.47. The fraction of sp³-hybridized carbons (Fsp3) is 0.667. The van der Waals surface area contributed by atoms with Gasteiger partial charge in [0.1, 0.15) is 11.3 Å². The molecule has 0 aromatic carbocycles. The van der Waals surface area contributed by atoms with Crippen LogP contribution in [-0.4, -0.2) is 63.4 Å². The number of nitrogens with two attached hydrogens (primary N) is 1. The van der Waals surface area contributed by atoms with Gasteiger partial charge in [0.15, 0.2) is 0 Å². The van der Waals surface area contributed by atoms with Gasteiger partial charge in [0, 0.05) is 32.7 Å². The monoisotopic (exact) mass is 323 g/mol. The van der Waals surface area contributed by atoms with Crippen molar-refractivity contribution in [1.29, 1.82) is 0 Å². The first-order chi connectivity index (χ1) is 10.7. The summed E-state index contributed by atoms with van der Waals surface area (Å²) in [5, 5.41) is 4.09. The van der Waals surface area contributed by atoms with E-state index in [0.29, 0.717) is 44.1 Å². The summed E-state index contributed by atoms with van der Waals surface area (Å²) in [7, 11) is 0. The number of hydrogen-bond acceptors (Lipinski definition) is 5. The van der Waals surface area contributed by atoms with Crippen molar-refractivity contribution in [3.05, 3.63) is 11.9 Å². The topological polar surface area (TPSA) is 93.7 Å². The van der Waals surface area contributed by atoms with E-state index in [1.165, 1.54) is 6.20 Å². The molecule has 1 saturated heterocycles. The third kappa shape index (κ3) is 3.94. The number of hydrogen-bond donors (Lipinski definition) is 1. The summed E-state index contributed by atoms with van der Waals surface area (Å²) in [5.74, 6) is -0.148. The molecule has 1 fully saturated rings. The number of carbonyl (C=O) groups excluding carboxylic acids is 2. The van der Waals surface area contributed by atoms with Crippen LogP contribution in [0.2, 0.25) is 0 Å². The molecular weight excluding hydrogens is 298 g/mol. The molecule has 0 atom stereocenters. The maximum Gasteiger partial charge on any atom is 0.410 e. The largest absolute Gasteiger partial charge is 0.444 e. The van der Waals surface area contributed by atoms with Crippen molar-refractivity contribution in [2.75, 3.05) is 31.9 Å². The van der Waals surface area contributed by atoms with E-state index in [1.807, 2.05) is 27.7 Å². The molecule has 2 heterocycles. The van der Waals surface area contributed by atoms with Crippen LogP contribution < -0.4 is 5.73 Å². The number of rotatable bonds is 2. The van der Waals surface area contributed by atoms with Crippen molar-refractivity contribution < 1.29 is 14.3 Å². The van der Waals surface area contributed by atoms with Gasteiger partial charge in [0.2, 0.25) is 0 Å². The number of nitrogens with zero attached hydrogens (tertiary/aromatic N) is 4. The fourth-order valence-corrected chi connectivity index (χ4v) is 2.44. The molecule has 2 amide bonds. The zero-order valence-corrected chi connectivity index (χ0v) is 14.2. The number of carbonyl (C=O) groups is 2. The standard InChI is InChI=1S/C15H25N5O3/c1-5-20-12(11(16)10-17-20)13(21)18-6-8-19(9-7-18)14(22)23-15(2,3)4/h10H,5-9,16H2,1-4H3. The summed E-state index contributed by atoms with van der Waals surface area (Å²) < 4.78 is 6.95. The molecule has 0 radical (unpaired) electrons. The van der Waals surface area contributed by atoms with Crippen LogP contribution in [0.1, 0.15) is 38.2 Å². The number of anilines is 1. The molecular formula is C15H25N5O3. The van der Waals surface area contributed by atoms with Gasteiger partial charge in [-0.15, -0.1) is 0 Å². The predicted octanol–water partition coefficient (Wildman–Crippen LogP) is 1.18. The fourth-order valence-electron chi connectivity index (χ4n) is 2.44. The van der Waals surface area contributed by atoms with Crippen molar-refractivity contribution in [3.63, 3.8) is 0 Å². The molecule has 1 aliphatic rings. The van der Waals surface area contributed by atoms with Crippen LogP contribution in [0.4, 0.5) is 10.5 Å². The maximum atomic E-state index is 12.6. The highest BCUT2D eigenvalue weighted by atomic mass is 16.6. The summed E-state index contributed by atoms with van der Waals surface area (Å²) in [6.07, 6.45) is 1.15. The molecule has 0 aliphatic carbocycles. The average Bonchev–Trinajstić information content (AvgIpc) is 2.86. The van der Waals surface area contributed by atoms with Crippen molar-refractivity contribution in [3.8, 4) is 0 Å².